The van der Waals surface area contributed by atoms with Gasteiger partial charge in [0.25, 0.3) is 11.6 Å². The summed E-state index contributed by atoms with van der Waals surface area (Å²) in [6.45, 7) is 0.631. The summed E-state index contributed by atoms with van der Waals surface area (Å²) in [6, 6.07) is 6.20. The summed E-state index contributed by atoms with van der Waals surface area (Å²) in [4.78, 5) is 24.3. The molecule has 1 aliphatic carbocycles. The van der Waals surface area contributed by atoms with Gasteiger partial charge in [0.05, 0.1) is 4.92 Å². The molecule has 0 heterocycles. The summed E-state index contributed by atoms with van der Waals surface area (Å²) in [5.74, 6) is -0.124. The Kier molecular flexibility index (Phi) is 3.96. The molecule has 0 N–H and O–H groups in total. The Morgan fingerprint density at radius 2 is 2.22 bits per heavy atom. The minimum absolute atomic E-state index is 0.0459. The minimum atomic E-state index is -0.483. The molecule has 1 aliphatic rings. The van der Waals surface area contributed by atoms with Crippen molar-refractivity contribution in [2.75, 3.05) is 11.9 Å². The van der Waals surface area contributed by atoms with Gasteiger partial charge in [-0.2, -0.15) is 0 Å². The van der Waals surface area contributed by atoms with Crippen LogP contribution in [0.3, 0.4) is 0 Å². The second kappa shape index (κ2) is 5.48. The van der Waals surface area contributed by atoms with Crippen molar-refractivity contribution < 1.29 is 9.72 Å². The highest BCUT2D eigenvalue weighted by Gasteiger charge is 2.32. The van der Waals surface area contributed by atoms with E-state index in [2.05, 4.69) is 15.9 Å². The van der Waals surface area contributed by atoms with E-state index in [1.165, 1.54) is 12.1 Å². The number of carbonyl (C=O) groups is 1. The normalized spacial score (nSPS) is 14.3. The molecule has 1 aromatic rings. The Morgan fingerprint density at radius 3 is 2.78 bits per heavy atom. The fraction of sp³-hybridized carbons (Fsp3) is 0.417. The second-order valence-electron chi connectivity index (χ2n) is 4.23. The topological polar surface area (TPSA) is 63.4 Å². The van der Waals surface area contributed by atoms with Crippen molar-refractivity contribution in [1.29, 1.82) is 0 Å². The molecule has 5 nitrogen and oxygen atoms in total. The number of alkyl halides is 1. The zero-order chi connectivity index (χ0) is 13.1. The summed E-state index contributed by atoms with van der Waals surface area (Å²) in [5.41, 5.74) is 0.340. The number of hydrogen-bond donors (Lipinski definition) is 0. The van der Waals surface area contributed by atoms with Gasteiger partial charge in [-0.05, 0) is 18.9 Å². The Balaban J connectivity index is 2.21. The maximum atomic E-state index is 12.3. The number of benzene rings is 1. The SMILES string of the molecule is O=C(c1cccc([N+](=O)[O-])c1)N(CCBr)C1CC1. The van der Waals surface area contributed by atoms with E-state index >= 15 is 0 Å². The van der Waals surface area contributed by atoms with Crippen LogP contribution in [0.15, 0.2) is 24.3 Å². The molecular formula is C12H13BrN2O3. The van der Waals surface area contributed by atoms with Gasteiger partial charge in [0.15, 0.2) is 0 Å². The minimum Gasteiger partial charge on any atom is -0.335 e. The number of carbonyl (C=O) groups excluding carboxylic acids is 1. The summed E-state index contributed by atoms with van der Waals surface area (Å²) in [6.07, 6.45) is 2.04. The number of nitro benzene ring substituents is 1. The number of rotatable bonds is 5. The van der Waals surface area contributed by atoms with Crippen LogP contribution in [0, 0.1) is 10.1 Å². The highest BCUT2D eigenvalue weighted by atomic mass is 79.9. The highest BCUT2D eigenvalue weighted by molar-refractivity contribution is 9.09. The van der Waals surface area contributed by atoms with Gasteiger partial charge in [-0.3, -0.25) is 14.9 Å². The van der Waals surface area contributed by atoms with Gasteiger partial charge in [0.1, 0.15) is 0 Å². The molecule has 18 heavy (non-hydrogen) atoms. The molecule has 0 spiro atoms. The van der Waals surface area contributed by atoms with Crippen molar-refractivity contribution in [1.82, 2.24) is 4.90 Å². The predicted molar refractivity (Wildman–Crippen MR) is 70.9 cm³/mol. The lowest BCUT2D eigenvalue weighted by Gasteiger charge is -2.21. The van der Waals surface area contributed by atoms with Crippen LogP contribution in [0.5, 0.6) is 0 Å². The Hall–Kier alpha value is -1.43. The molecule has 1 amide bonds. The summed E-state index contributed by atoms with van der Waals surface area (Å²) < 4.78 is 0. The van der Waals surface area contributed by atoms with Gasteiger partial charge in [0.2, 0.25) is 0 Å². The molecule has 0 saturated heterocycles. The largest absolute Gasteiger partial charge is 0.335 e. The summed E-state index contributed by atoms with van der Waals surface area (Å²) in [7, 11) is 0. The lowest BCUT2D eigenvalue weighted by molar-refractivity contribution is -0.384. The first-order valence-corrected chi connectivity index (χ1v) is 6.87. The lowest BCUT2D eigenvalue weighted by atomic mass is 10.1. The van der Waals surface area contributed by atoms with Gasteiger partial charge < -0.3 is 4.90 Å². The van der Waals surface area contributed by atoms with E-state index in [4.69, 9.17) is 0 Å². The molecule has 0 aliphatic heterocycles. The predicted octanol–water partition coefficient (Wildman–Crippen LogP) is 2.59. The first kappa shape index (κ1) is 13.0. The fourth-order valence-corrected chi connectivity index (χ4v) is 2.23. The third kappa shape index (κ3) is 2.87. The standard InChI is InChI=1S/C12H13BrN2O3/c13-6-7-14(10-4-5-10)12(16)9-2-1-3-11(8-9)15(17)18/h1-3,8,10H,4-7H2. The van der Waals surface area contributed by atoms with Crippen LogP contribution < -0.4 is 0 Å². The summed E-state index contributed by atoms with van der Waals surface area (Å²) >= 11 is 3.32. The smallest absolute Gasteiger partial charge is 0.270 e. The highest BCUT2D eigenvalue weighted by Crippen LogP contribution is 2.28. The van der Waals surface area contributed by atoms with Gasteiger partial charge >= 0.3 is 0 Å². The monoisotopic (exact) mass is 312 g/mol. The molecule has 96 valence electrons. The number of nitro groups is 1. The first-order chi connectivity index (χ1) is 8.63. The van der Waals surface area contributed by atoms with Crippen LogP contribution in [-0.4, -0.2) is 33.6 Å². The molecule has 0 atom stereocenters. The van der Waals surface area contributed by atoms with Crippen LogP contribution in [0.4, 0.5) is 5.69 Å². The fourth-order valence-electron chi connectivity index (χ4n) is 1.85. The van der Waals surface area contributed by atoms with Gasteiger partial charge in [-0.25, -0.2) is 0 Å². The molecule has 1 fully saturated rings. The van der Waals surface area contributed by atoms with E-state index in [-0.39, 0.29) is 11.6 Å². The van der Waals surface area contributed by atoms with Crippen molar-refractivity contribution in [3.8, 4) is 0 Å². The first-order valence-electron chi connectivity index (χ1n) is 5.75. The average molecular weight is 313 g/mol. The Morgan fingerprint density at radius 1 is 1.50 bits per heavy atom. The Labute approximate surface area is 113 Å². The molecule has 0 unspecified atom stereocenters. The number of non-ortho nitro benzene ring substituents is 1. The van der Waals surface area contributed by atoms with E-state index in [1.807, 2.05) is 0 Å². The van der Waals surface area contributed by atoms with E-state index < -0.39 is 4.92 Å². The van der Waals surface area contributed by atoms with E-state index in [9.17, 15) is 14.9 Å². The van der Waals surface area contributed by atoms with E-state index in [0.29, 0.717) is 23.5 Å². The molecule has 2 rings (SSSR count). The van der Waals surface area contributed by atoms with Gasteiger partial charge in [-0.15, -0.1) is 0 Å². The van der Waals surface area contributed by atoms with Crippen LogP contribution >= 0.6 is 15.9 Å². The molecular weight excluding hydrogens is 300 g/mol. The second-order valence-corrected chi connectivity index (χ2v) is 5.02. The van der Waals surface area contributed by atoms with Crippen LogP contribution in [-0.2, 0) is 0 Å². The van der Waals surface area contributed by atoms with Crippen molar-refractivity contribution in [3.05, 3.63) is 39.9 Å². The summed E-state index contributed by atoms with van der Waals surface area (Å²) in [5, 5.41) is 11.4. The number of amides is 1. The van der Waals surface area contributed by atoms with Crippen molar-refractivity contribution >= 4 is 27.5 Å². The maximum Gasteiger partial charge on any atom is 0.270 e. The number of nitrogens with zero attached hydrogens (tertiary/aromatic N) is 2. The third-order valence-electron chi connectivity index (χ3n) is 2.88. The molecule has 6 heteroatoms. The maximum absolute atomic E-state index is 12.3. The molecule has 1 saturated carbocycles. The Bertz CT molecular complexity index is 474. The number of halogens is 1. The average Bonchev–Trinajstić information content (AvgIpc) is 3.19. The van der Waals surface area contributed by atoms with Crippen molar-refractivity contribution in [2.45, 2.75) is 18.9 Å². The van der Waals surface area contributed by atoms with Crippen LogP contribution in [0.2, 0.25) is 0 Å². The molecule has 0 bridgehead atoms. The lowest BCUT2D eigenvalue weighted by Crippen LogP contribution is -2.34. The van der Waals surface area contributed by atoms with Crippen molar-refractivity contribution in [2.24, 2.45) is 0 Å². The van der Waals surface area contributed by atoms with E-state index in [1.54, 1.807) is 17.0 Å². The van der Waals surface area contributed by atoms with Crippen LogP contribution in [0.25, 0.3) is 0 Å². The molecule has 0 aromatic heterocycles. The zero-order valence-electron chi connectivity index (χ0n) is 9.71. The number of hydrogen-bond acceptors (Lipinski definition) is 3. The molecule has 0 radical (unpaired) electrons. The quantitative estimate of drug-likeness (QED) is 0.477. The van der Waals surface area contributed by atoms with Gasteiger partial charge in [0, 0.05) is 35.6 Å². The third-order valence-corrected chi connectivity index (χ3v) is 3.23. The van der Waals surface area contributed by atoms with Crippen molar-refractivity contribution in [3.63, 3.8) is 0 Å². The zero-order valence-corrected chi connectivity index (χ0v) is 11.3. The van der Waals surface area contributed by atoms with Crippen LogP contribution in [0.1, 0.15) is 23.2 Å². The molecule has 1 aromatic carbocycles. The van der Waals surface area contributed by atoms with Gasteiger partial charge in [-0.1, -0.05) is 22.0 Å². The van der Waals surface area contributed by atoms with E-state index in [0.717, 1.165) is 12.8 Å².